The average Bonchev–Trinajstić information content (AvgIpc) is 2.25. The smallest absolute Gasteiger partial charge is 0.325 e. The van der Waals surface area contributed by atoms with Crippen LogP contribution in [-0.4, -0.2) is 42.8 Å². The van der Waals surface area contributed by atoms with Crippen LogP contribution in [0.25, 0.3) is 0 Å². The van der Waals surface area contributed by atoms with E-state index in [-0.39, 0.29) is 6.54 Å². The quantitative estimate of drug-likeness (QED) is 0.567. The van der Waals surface area contributed by atoms with Crippen molar-refractivity contribution in [2.75, 3.05) is 20.1 Å². The summed E-state index contributed by atoms with van der Waals surface area (Å²) in [5.41, 5.74) is 3.58. The molecule has 9 heteroatoms. The molecule has 0 spiro atoms. The third-order valence-electron chi connectivity index (χ3n) is 2.15. The van der Waals surface area contributed by atoms with E-state index in [0.717, 1.165) is 10.5 Å². The van der Waals surface area contributed by atoms with Gasteiger partial charge in [-0.15, -0.1) is 0 Å². The topological polar surface area (TPSA) is 129 Å². The van der Waals surface area contributed by atoms with Gasteiger partial charge in [0.2, 0.25) is 10.0 Å². The molecule has 8 nitrogen and oxygen atoms in total. The van der Waals surface area contributed by atoms with Crippen LogP contribution >= 0.6 is 0 Å². The predicted molar refractivity (Wildman–Crippen MR) is 61.2 cm³/mol. The van der Waals surface area contributed by atoms with Crippen LogP contribution in [0.3, 0.4) is 0 Å². The van der Waals surface area contributed by atoms with Gasteiger partial charge >= 0.3 is 5.69 Å². The summed E-state index contributed by atoms with van der Waals surface area (Å²) in [6.07, 6.45) is 1.37. The van der Waals surface area contributed by atoms with E-state index in [9.17, 15) is 18.0 Å². The second-order valence-electron chi connectivity index (χ2n) is 3.40. The van der Waals surface area contributed by atoms with Crippen molar-refractivity contribution < 1.29 is 8.42 Å². The molecule has 0 aromatic carbocycles. The molecule has 1 rings (SSSR count). The lowest BCUT2D eigenvalue weighted by Crippen LogP contribution is -2.35. The van der Waals surface area contributed by atoms with E-state index in [2.05, 4.69) is 4.98 Å². The first-order valence-corrected chi connectivity index (χ1v) is 6.32. The molecule has 0 aliphatic rings. The van der Waals surface area contributed by atoms with Crippen LogP contribution < -0.4 is 17.0 Å². The lowest BCUT2D eigenvalue weighted by Gasteiger charge is -2.15. The van der Waals surface area contributed by atoms with Crippen molar-refractivity contribution >= 4 is 10.0 Å². The van der Waals surface area contributed by atoms with E-state index >= 15 is 0 Å². The van der Waals surface area contributed by atoms with E-state index in [0.29, 0.717) is 13.0 Å². The molecule has 0 radical (unpaired) electrons. The Hall–Kier alpha value is -1.45. The van der Waals surface area contributed by atoms with Crippen molar-refractivity contribution in [3.8, 4) is 0 Å². The van der Waals surface area contributed by atoms with E-state index in [1.54, 1.807) is 0 Å². The Balaban J connectivity index is 3.13. The number of aromatic nitrogens is 2. The molecular formula is C8H14N4O4S. The van der Waals surface area contributed by atoms with E-state index in [4.69, 9.17) is 5.73 Å². The van der Waals surface area contributed by atoms with Gasteiger partial charge in [0.05, 0.1) is 0 Å². The van der Waals surface area contributed by atoms with E-state index in [1.807, 2.05) is 4.98 Å². The zero-order chi connectivity index (χ0) is 13.1. The van der Waals surface area contributed by atoms with Gasteiger partial charge in [-0.05, 0) is 13.0 Å². The Labute approximate surface area is 97.5 Å². The molecule has 0 fully saturated rings. The molecule has 0 bridgehead atoms. The highest BCUT2D eigenvalue weighted by Crippen LogP contribution is 2.07. The van der Waals surface area contributed by atoms with Crippen molar-refractivity contribution in [2.24, 2.45) is 5.73 Å². The van der Waals surface area contributed by atoms with Gasteiger partial charge in [-0.1, -0.05) is 0 Å². The summed E-state index contributed by atoms with van der Waals surface area (Å²) in [4.78, 5) is 25.6. The van der Waals surface area contributed by atoms with Gasteiger partial charge in [-0.2, -0.15) is 0 Å². The highest BCUT2D eigenvalue weighted by Gasteiger charge is 2.23. The summed E-state index contributed by atoms with van der Waals surface area (Å²) in [5, 5.41) is 0. The number of hydrogen-bond acceptors (Lipinski definition) is 5. The second kappa shape index (κ2) is 5.25. The largest absolute Gasteiger partial charge is 0.330 e. The lowest BCUT2D eigenvalue weighted by molar-refractivity contribution is 0.462. The highest BCUT2D eigenvalue weighted by atomic mass is 32.2. The zero-order valence-electron chi connectivity index (χ0n) is 9.26. The molecule has 0 aliphatic heterocycles. The van der Waals surface area contributed by atoms with Crippen LogP contribution in [0.1, 0.15) is 6.42 Å². The van der Waals surface area contributed by atoms with Crippen LogP contribution in [0.5, 0.6) is 0 Å². The fourth-order valence-electron chi connectivity index (χ4n) is 1.19. The number of aromatic amines is 2. The summed E-state index contributed by atoms with van der Waals surface area (Å²) in [6, 6.07) is 0. The summed E-state index contributed by atoms with van der Waals surface area (Å²) >= 11 is 0. The third-order valence-corrected chi connectivity index (χ3v) is 4.01. The number of H-pyrrole nitrogens is 2. The molecule has 17 heavy (non-hydrogen) atoms. The normalized spacial score (nSPS) is 11.9. The molecule has 0 unspecified atom stereocenters. The minimum Gasteiger partial charge on any atom is -0.330 e. The standard InChI is InChI=1S/C8H14N4O4S/c1-12(4-2-3-9)17(15,16)6-5-10-8(14)11-7(6)13/h5H,2-4,9H2,1H3,(H2,10,11,13,14). The second-order valence-corrected chi connectivity index (χ2v) is 5.42. The summed E-state index contributed by atoms with van der Waals surface area (Å²) in [5.74, 6) is 0. The van der Waals surface area contributed by atoms with Crippen molar-refractivity contribution in [1.82, 2.24) is 14.3 Å². The van der Waals surface area contributed by atoms with Crippen molar-refractivity contribution in [3.63, 3.8) is 0 Å². The molecule has 1 heterocycles. The fraction of sp³-hybridized carbons (Fsp3) is 0.500. The number of nitrogens with one attached hydrogen (secondary N) is 2. The molecular weight excluding hydrogens is 248 g/mol. The maximum Gasteiger partial charge on any atom is 0.325 e. The van der Waals surface area contributed by atoms with Gasteiger partial charge in [0.25, 0.3) is 5.56 Å². The molecule has 0 saturated heterocycles. The van der Waals surface area contributed by atoms with Crippen LogP contribution in [0.15, 0.2) is 20.7 Å². The Morgan fingerprint density at radius 3 is 2.59 bits per heavy atom. The van der Waals surface area contributed by atoms with Crippen LogP contribution in [-0.2, 0) is 10.0 Å². The van der Waals surface area contributed by atoms with Crippen LogP contribution in [0, 0.1) is 0 Å². The first kappa shape index (κ1) is 13.6. The lowest BCUT2D eigenvalue weighted by atomic mass is 10.4. The summed E-state index contributed by atoms with van der Waals surface area (Å²) in [7, 11) is -2.55. The molecule has 0 atom stereocenters. The van der Waals surface area contributed by atoms with Gasteiger partial charge in [0, 0.05) is 19.8 Å². The molecule has 1 aromatic rings. The zero-order valence-corrected chi connectivity index (χ0v) is 10.1. The monoisotopic (exact) mass is 262 g/mol. The maximum atomic E-state index is 11.9. The summed E-state index contributed by atoms with van der Waals surface area (Å²) in [6.45, 7) is 0.555. The fourth-order valence-corrected chi connectivity index (χ4v) is 2.39. The van der Waals surface area contributed by atoms with Crippen molar-refractivity contribution in [2.45, 2.75) is 11.3 Å². The number of nitrogens with two attached hydrogens (primary N) is 1. The van der Waals surface area contributed by atoms with Crippen LogP contribution in [0.4, 0.5) is 0 Å². The van der Waals surface area contributed by atoms with Gasteiger partial charge in [0.1, 0.15) is 0 Å². The molecule has 1 aromatic heterocycles. The number of sulfonamides is 1. The Morgan fingerprint density at radius 1 is 1.41 bits per heavy atom. The van der Waals surface area contributed by atoms with Crippen molar-refractivity contribution in [3.05, 3.63) is 27.0 Å². The molecule has 0 aliphatic carbocycles. The molecule has 4 N–H and O–H groups in total. The molecule has 0 amide bonds. The highest BCUT2D eigenvalue weighted by molar-refractivity contribution is 7.89. The minimum absolute atomic E-state index is 0.206. The Kier molecular flexibility index (Phi) is 4.21. The molecule has 96 valence electrons. The Morgan fingerprint density at radius 2 is 2.06 bits per heavy atom. The Bertz CT molecular complexity index is 588. The minimum atomic E-state index is -3.89. The summed E-state index contributed by atoms with van der Waals surface area (Å²) < 4.78 is 24.8. The third kappa shape index (κ3) is 3.02. The van der Waals surface area contributed by atoms with E-state index in [1.165, 1.54) is 7.05 Å². The van der Waals surface area contributed by atoms with Gasteiger partial charge in [-0.25, -0.2) is 17.5 Å². The number of nitrogens with zero attached hydrogens (tertiary/aromatic N) is 1. The van der Waals surface area contributed by atoms with Gasteiger partial charge < -0.3 is 10.7 Å². The molecule has 0 saturated carbocycles. The van der Waals surface area contributed by atoms with Crippen molar-refractivity contribution in [1.29, 1.82) is 0 Å². The maximum absolute atomic E-state index is 11.9. The predicted octanol–water partition coefficient (Wildman–Crippen LogP) is -1.97. The SMILES string of the molecule is CN(CCCN)S(=O)(=O)c1c[nH]c(=O)[nH]c1=O. The number of hydrogen-bond donors (Lipinski definition) is 3. The average molecular weight is 262 g/mol. The van der Waals surface area contributed by atoms with Crippen LogP contribution in [0.2, 0.25) is 0 Å². The first-order valence-electron chi connectivity index (χ1n) is 4.88. The van der Waals surface area contributed by atoms with Gasteiger partial charge in [0.15, 0.2) is 4.90 Å². The number of rotatable bonds is 5. The van der Waals surface area contributed by atoms with Gasteiger partial charge in [-0.3, -0.25) is 9.78 Å². The first-order chi connectivity index (χ1) is 7.89. The van der Waals surface area contributed by atoms with E-state index < -0.39 is 26.2 Å².